The van der Waals surface area contributed by atoms with E-state index in [4.69, 9.17) is 4.74 Å². The molecular formula is C17H22N4O3. The van der Waals surface area contributed by atoms with Crippen LogP contribution in [0.25, 0.3) is 0 Å². The van der Waals surface area contributed by atoms with Crippen LogP contribution in [0.3, 0.4) is 0 Å². The van der Waals surface area contributed by atoms with Crippen molar-refractivity contribution in [2.75, 3.05) is 13.2 Å². The molecule has 1 fully saturated rings. The molecule has 1 aromatic carbocycles. The number of para-hydroxylation sites is 1. The normalized spacial score (nSPS) is 16.9. The van der Waals surface area contributed by atoms with Gasteiger partial charge in [0.1, 0.15) is 5.75 Å². The predicted octanol–water partition coefficient (Wildman–Crippen LogP) is 2.01. The van der Waals surface area contributed by atoms with Crippen molar-refractivity contribution in [3.63, 3.8) is 0 Å². The summed E-state index contributed by atoms with van der Waals surface area (Å²) in [4.78, 5) is 14.3. The van der Waals surface area contributed by atoms with E-state index in [2.05, 4.69) is 15.5 Å². The molecular weight excluding hydrogens is 308 g/mol. The quantitative estimate of drug-likeness (QED) is 0.756. The number of carbonyl (C=O) groups is 1. The smallest absolute Gasteiger partial charge is 0.318 e. The molecule has 7 nitrogen and oxygen atoms in total. The predicted molar refractivity (Wildman–Crippen MR) is 88.3 cm³/mol. The fourth-order valence-corrected chi connectivity index (χ4v) is 2.77. The Bertz CT molecular complexity index is 654. The van der Waals surface area contributed by atoms with Crippen LogP contribution in [0.2, 0.25) is 0 Å². The van der Waals surface area contributed by atoms with Gasteiger partial charge in [-0.15, -0.1) is 0 Å². The molecule has 3 N–H and O–H groups in total. The fraction of sp³-hybridized carbons (Fsp3) is 0.412. The molecule has 1 atom stereocenters. The first-order valence-electron chi connectivity index (χ1n) is 8.12. The molecule has 2 aromatic rings. The van der Waals surface area contributed by atoms with E-state index in [1.54, 1.807) is 23.2 Å². The highest BCUT2D eigenvalue weighted by Crippen LogP contribution is 2.20. The lowest BCUT2D eigenvalue weighted by Gasteiger charge is -2.26. The number of hydrogen-bond acceptors (Lipinski definition) is 4. The van der Waals surface area contributed by atoms with Crippen LogP contribution in [0.15, 0.2) is 36.5 Å². The number of nitrogens with zero attached hydrogens (tertiary/aromatic N) is 2. The molecule has 1 saturated heterocycles. The average molecular weight is 330 g/mol. The molecule has 128 valence electrons. The molecule has 0 spiro atoms. The molecule has 24 heavy (non-hydrogen) atoms. The molecule has 1 aliphatic rings. The number of hydrogen-bond donors (Lipinski definition) is 3. The van der Waals surface area contributed by atoms with Crippen molar-refractivity contribution < 1.29 is 14.6 Å². The number of rotatable bonds is 6. The zero-order chi connectivity index (χ0) is 16.8. The molecule has 1 aliphatic heterocycles. The topological polar surface area (TPSA) is 90.5 Å². The molecule has 0 unspecified atom stereocenters. The molecule has 0 radical (unpaired) electrons. The van der Waals surface area contributed by atoms with Crippen molar-refractivity contribution in [2.45, 2.75) is 32.0 Å². The molecule has 0 saturated carbocycles. The van der Waals surface area contributed by atoms with Gasteiger partial charge in [0, 0.05) is 24.9 Å². The number of phenolic OH excluding ortho intramolecular Hbond substituents is 1. The van der Waals surface area contributed by atoms with E-state index in [1.807, 2.05) is 18.2 Å². The number of ether oxygens (including phenoxy) is 1. The van der Waals surface area contributed by atoms with Crippen molar-refractivity contribution in [3.05, 3.63) is 47.8 Å². The van der Waals surface area contributed by atoms with Crippen LogP contribution < -0.4 is 5.32 Å². The number of H-pyrrole nitrogens is 1. The zero-order valence-corrected chi connectivity index (χ0v) is 13.4. The summed E-state index contributed by atoms with van der Waals surface area (Å²) in [6, 6.07) is 8.68. The largest absolute Gasteiger partial charge is 0.508 e. The van der Waals surface area contributed by atoms with Crippen molar-refractivity contribution in [3.8, 4) is 5.75 Å². The van der Waals surface area contributed by atoms with Gasteiger partial charge in [-0.2, -0.15) is 5.10 Å². The van der Waals surface area contributed by atoms with Gasteiger partial charge in [-0.3, -0.25) is 5.10 Å². The molecule has 3 rings (SSSR count). The standard InChI is InChI=1S/C17H22N4O3/c22-16-6-2-1-4-13(16)11-21(12-15-5-3-9-24-15)17(23)18-10-14-7-8-19-20-14/h1-2,4,6-8,15,22H,3,5,9-12H2,(H,18,23)(H,19,20)/t15-/m0/s1. The Morgan fingerprint density at radius 1 is 1.42 bits per heavy atom. The molecule has 1 aromatic heterocycles. The Balaban J connectivity index is 1.66. The second-order valence-electron chi connectivity index (χ2n) is 5.88. The number of benzene rings is 1. The van der Waals surface area contributed by atoms with E-state index in [0.29, 0.717) is 25.2 Å². The van der Waals surface area contributed by atoms with Gasteiger partial charge in [0.2, 0.25) is 0 Å². The second kappa shape index (κ2) is 7.83. The van der Waals surface area contributed by atoms with E-state index in [1.165, 1.54) is 0 Å². The first-order chi connectivity index (χ1) is 11.7. The van der Waals surface area contributed by atoms with Crippen LogP contribution >= 0.6 is 0 Å². The number of carbonyl (C=O) groups excluding carboxylic acids is 1. The molecule has 7 heteroatoms. The van der Waals surface area contributed by atoms with Gasteiger partial charge in [-0.05, 0) is 25.0 Å². The van der Waals surface area contributed by atoms with Gasteiger partial charge in [0.25, 0.3) is 0 Å². The second-order valence-corrected chi connectivity index (χ2v) is 5.88. The lowest BCUT2D eigenvalue weighted by atomic mass is 10.1. The molecule has 2 heterocycles. The number of urea groups is 1. The van der Waals surface area contributed by atoms with Crippen molar-refractivity contribution in [1.29, 1.82) is 0 Å². The van der Waals surface area contributed by atoms with Crippen LogP contribution in [0.1, 0.15) is 24.1 Å². The van der Waals surface area contributed by atoms with Crippen molar-refractivity contribution in [2.24, 2.45) is 0 Å². The van der Waals surface area contributed by atoms with Crippen LogP contribution in [-0.4, -0.2) is 45.5 Å². The zero-order valence-electron chi connectivity index (χ0n) is 13.4. The van der Waals surface area contributed by atoms with Gasteiger partial charge < -0.3 is 20.1 Å². The molecule has 0 aliphatic carbocycles. The number of amides is 2. The lowest BCUT2D eigenvalue weighted by molar-refractivity contribution is 0.0792. The summed E-state index contributed by atoms with van der Waals surface area (Å²) < 4.78 is 5.65. The summed E-state index contributed by atoms with van der Waals surface area (Å²) in [5.74, 6) is 0.191. The van der Waals surface area contributed by atoms with E-state index < -0.39 is 0 Å². The summed E-state index contributed by atoms with van der Waals surface area (Å²) in [7, 11) is 0. The minimum atomic E-state index is -0.191. The SMILES string of the molecule is O=C(NCc1ccn[nH]1)N(Cc1ccccc1O)C[C@@H]1CCCO1. The van der Waals surface area contributed by atoms with Gasteiger partial charge >= 0.3 is 6.03 Å². The van der Waals surface area contributed by atoms with E-state index >= 15 is 0 Å². The number of aromatic amines is 1. The first-order valence-corrected chi connectivity index (χ1v) is 8.12. The Morgan fingerprint density at radius 2 is 2.29 bits per heavy atom. The highest BCUT2D eigenvalue weighted by molar-refractivity contribution is 5.74. The molecule has 0 bridgehead atoms. The number of aromatic hydroxyl groups is 1. The summed E-state index contributed by atoms with van der Waals surface area (Å²) in [6.07, 6.45) is 3.66. The van der Waals surface area contributed by atoms with E-state index in [-0.39, 0.29) is 17.9 Å². The summed E-state index contributed by atoms with van der Waals surface area (Å²) in [5, 5.41) is 19.5. The Kier molecular flexibility index (Phi) is 5.32. The van der Waals surface area contributed by atoms with Crippen molar-refractivity contribution >= 4 is 6.03 Å². The van der Waals surface area contributed by atoms with Gasteiger partial charge in [0.15, 0.2) is 0 Å². The number of phenols is 1. The highest BCUT2D eigenvalue weighted by Gasteiger charge is 2.23. The van der Waals surface area contributed by atoms with Gasteiger partial charge in [-0.1, -0.05) is 18.2 Å². The minimum absolute atomic E-state index is 0.0498. The Labute approximate surface area is 140 Å². The Hall–Kier alpha value is -2.54. The number of nitrogens with one attached hydrogen (secondary N) is 2. The van der Waals surface area contributed by atoms with Crippen LogP contribution in [-0.2, 0) is 17.8 Å². The summed E-state index contributed by atoms with van der Waals surface area (Å²) >= 11 is 0. The lowest BCUT2D eigenvalue weighted by Crippen LogP contribution is -2.43. The first kappa shape index (κ1) is 16.3. The number of aromatic nitrogens is 2. The average Bonchev–Trinajstić information content (AvgIpc) is 3.27. The van der Waals surface area contributed by atoms with E-state index in [0.717, 1.165) is 25.1 Å². The van der Waals surface area contributed by atoms with Crippen LogP contribution in [0, 0.1) is 0 Å². The summed E-state index contributed by atoms with van der Waals surface area (Å²) in [6.45, 7) is 1.96. The summed E-state index contributed by atoms with van der Waals surface area (Å²) in [5.41, 5.74) is 1.55. The molecule has 2 amide bonds. The maximum atomic E-state index is 12.6. The maximum Gasteiger partial charge on any atom is 0.318 e. The monoisotopic (exact) mass is 330 g/mol. The van der Waals surface area contributed by atoms with Gasteiger partial charge in [0.05, 0.1) is 24.9 Å². The maximum absolute atomic E-state index is 12.6. The van der Waals surface area contributed by atoms with Crippen molar-refractivity contribution in [1.82, 2.24) is 20.4 Å². The highest BCUT2D eigenvalue weighted by atomic mass is 16.5. The van der Waals surface area contributed by atoms with Crippen LogP contribution in [0.4, 0.5) is 4.79 Å². The minimum Gasteiger partial charge on any atom is -0.508 e. The van der Waals surface area contributed by atoms with E-state index in [9.17, 15) is 9.90 Å². The Morgan fingerprint density at radius 3 is 3.00 bits per heavy atom. The third kappa shape index (κ3) is 4.26. The van der Waals surface area contributed by atoms with Gasteiger partial charge in [-0.25, -0.2) is 4.79 Å². The fourth-order valence-electron chi connectivity index (χ4n) is 2.77. The third-order valence-corrected chi connectivity index (χ3v) is 4.08. The third-order valence-electron chi connectivity index (χ3n) is 4.08. The van der Waals surface area contributed by atoms with Crippen LogP contribution in [0.5, 0.6) is 5.75 Å².